The van der Waals surface area contributed by atoms with Crippen molar-refractivity contribution in [1.29, 1.82) is 0 Å². The molecule has 1 amide bonds. The zero-order chi connectivity index (χ0) is 19.0. The van der Waals surface area contributed by atoms with Gasteiger partial charge in [-0.05, 0) is 31.1 Å². The first-order chi connectivity index (χ1) is 13.0. The van der Waals surface area contributed by atoms with Crippen molar-refractivity contribution in [3.63, 3.8) is 0 Å². The summed E-state index contributed by atoms with van der Waals surface area (Å²) < 4.78 is 38.3. The van der Waals surface area contributed by atoms with Crippen LogP contribution in [0.1, 0.15) is 6.92 Å². The molecule has 1 unspecified atom stereocenters. The summed E-state index contributed by atoms with van der Waals surface area (Å²) in [5.74, 6) is 1.51. The number of fused-ring (bicyclic) bond motifs is 1. The number of amides is 1. The number of sulfonamides is 1. The second kappa shape index (κ2) is 7.29. The summed E-state index contributed by atoms with van der Waals surface area (Å²) in [4.78, 5) is 14.6. The highest BCUT2D eigenvalue weighted by atomic mass is 32.2. The van der Waals surface area contributed by atoms with Gasteiger partial charge in [-0.2, -0.15) is 4.31 Å². The SMILES string of the molecule is CC(C(=O)N1CCN(S(=O)(=O)c2ccc3c(c2)OCCO3)CC1)C1CNC1. The van der Waals surface area contributed by atoms with E-state index >= 15 is 0 Å². The van der Waals surface area contributed by atoms with Crippen LogP contribution in [0.5, 0.6) is 11.5 Å². The number of hydrogen-bond acceptors (Lipinski definition) is 6. The van der Waals surface area contributed by atoms with Gasteiger partial charge in [-0.15, -0.1) is 0 Å². The van der Waals surface area contributed by atoms with Crippen molar-refractivity contribution in [2.24, 2.45) is 11.8 Å². The molecule has 1 atom stereocenters. The molecule has 0 radical (unpaired) electrons. The first-order valence-electron chi connectivity index (χ1n) is 9.36. The van der Waals surface area contributed by atoms with Gasteiger partial charge in [0.15, 0.2) is 11.5 Å². The molecule has 9 heteroatoms. The maximum atomic E-state index is 13.0. The zero-order valence-corrected chi connectivity index (χ0v) is 16.2. The predicted octanol–water partition coefficient (Wildman–Crippen LogP) is 0.146. The van der Waals surface area contributed by atoms with Crippen LogP contribution in [0.4, 0.5) is 0 Å². The van der Waals surface area contributed by atoms with Gasteiger partial charge in [0.25, 0.3) is 0 Å². The highest BCUT2D eigenvalue weighted by molar-refractivity contribution is 7.89. The number of carbonyl (C=O) groups is 1. The van der Waals surface area contributed by atoms with E-state index in [-0.39, 0.29) is 16.7 Å². The molecule has 4 rings (SSSR count). The van der Waals surface area contributed by atoms with E-state index in [1.54, 1.807) is 17.0 Å². The van der Waals surface area contributed by atoms with Crippen molar-refractivity contribution >= 4 is 15.9 Å². The fourth-order valence-corrected chi connectivity index (χ4v) is 5.07. The summed E-state index contributed by atoms with van der Waals surface area (Å²) in [5.41, 5.74) is 0. The molecular formula is C18H25N3O5S. The Labute approximate surface area is 159 Å². The molecular weight excluding hydrogens is 370 g/mol. The highest BCUT2D eigenvalue weighted by Gasteiger charge is 2.35. The quantitative estimate of drug-likeness (QED) is 0.781. The maximum absolute atomic E-state index is 13.0. The Morgan fingerprint density at radius 2 is 1.78 bits per heavy atom. The zero-order valence-electron chi connectivity index (χ0n) is 15.4. The van der Waals surface area contributed by atoms with Gasteiger partial charge >= 0.3 is 0 Å². The summed E-state index contributed by atoms with van der Waals surface area (Å²) in [6, 6.07) is 4.70. The Bertz CT molecular complexity index is 816. The molecule has 3 heterocycles. The molecule has 27 heavy (non-hydrogen) atoms. The van der Waals surface area contributed by atoms with Crippen LogP contribution in [0.25, 0.3) is 0 Å². The second-order valence-electron chi connectivity index (χ2n) is 7.24. The molecule has 3 aliphatic heterocycles. The molecule has 8 nitrogen and oxygen atoms in total. The smallest absolute Gasteiger partial charge is 0.243 e. The fourth-order valence-electron chi connectivity index (χ4n) is 3.64. The summed E-state index contributed by atoms with van der Waals surface area (Å²) in [5, 5.41) is 3.19. The van der Waals surface area contributed by atoms with E-state index in [9.17, 15) is 13.2 Å². The summed E-state index contributed by atoms with van der Waals surface area (Å²) >= 11 is 0. The van der Waals surface area contributed by atoms with Gasteiger partial charge in [0.1, 0.15) is 13.2 Å². The van der Waals surface area contributed by atoms with E-state index in [0.717, 1.165) is 13.1 Å². The van der Waals surface area contributed by atoms with E-state index < -0.39 is 10.0 Å². The minimum absolute atomic E-state index is 0.0211. The number of benzene rings is 1. The molecule has 3 aliphatic rings. The molecule has 1 aromatic rings. The standard InChI is InChI=1S/C18H25N3O5S/c1-13(14-11-19-12-14)18(22)20-4-6-21(7-5-20)27(23,24)15-2-3-16-17(10-15)26-9-8-25-16/h2-3,10,13-14,19H,4-9,11-12H2,1H3. The van der Waals surface area contributed by atoms with Crippen molar-refractivity contribution < 1.29 is 22.7 Å². The van der Waals surface area contributed by atoms with Crippen LogP contribution in [0.3, 0.4) is 0 Å². The van der Waals surface area contributed by atoms with Gasteiger partial charge in [0.05, 0.1) is 4.90 Å². The van der Waals surface area contributed by atoms with E-state index in [2.05, 4.69) is 5.32 Å². The van der Waals surface area contributed by atoms with Crippen molar-refractivity contribution in [3.8, 4) is 11.5 Å². The molecule has 2 fully saturated rings. The maximum Gasteiger partial charge on any atom is 0.243 e. The average Bonchev–Trinajstić information content (AvgIpc) is 2.65. The van der Waals surface area contributed by atoms with Crippen LogP contribution < -0.4 is 14.8 Å². The molecule has 0 aliphatic carbocycles. The Hall–Kier alpha value is -1.84. The van der Waals surface area contributed by atoms with Crippen LogP contribution in [0, 0.1) is 11.8 Å². The number of rotatable bonds is 4. The lowest BCUT2D eigenvalue weighted by molar-refractivity contribution is -0.138. The normalized spacial score (nSPS) is 22.2. The van der Waals surface area contributed by atoms with Gasteiger partial charge in [0.2, 0.25) is 15.9 Å². The monoisotopic (exact) mass is 395 g/mol. The van der Waals surface area contributed by atoms with Gasteiger partial charge in [0, 0.05) is 38.2 Å². The van der Waals surface area contributed by atoms with Gasteiger partial charge < -0.3 is 19.7 Å². The van der Waals surface area contributed by atoms with Gasteiger partial charge in [-0.3, -0.25) is 4.79 Å². The molecule has 1 N–H and O–H groups in total. The van der Waals surface area contributed by atoms with Gasteiger partial charge in [-0.25, -0.2) is 8.42 Å². The van der Waals surface area contributed by atoms with Crippen LogP contribution in [-0.4, -0.2) is 76.0 Å². The molecule has 0 bridgehead atoms. The largest absolute Gasteiger partial charge is 0.486 e. The predicted molar refractivity (Wildman–Crippen MR) is 98.3 cm³/mol. The lowest BCUT2D eigenvalue weighted by atomic mass is 9.88. The lowest BCUT2D eigenvalue weighted by Crippen LogP contribution is -2.55. The third-order valence-corrected chi connectivity index (χ3v) is 7.51. The highest BCUT2D eigenvalue weighted by Crippen LogP contribution is 2.33. The third-order valence-electron chi connectivity index (χ3n) is 5.61. The van der Waals surface area contributed by atoms with Crippen LogP contribution in [0.2, 0.25) is 0 Å². The Morgan fingerprint density at radius 1 is 1.11 bits per heavy atom. The fraction of sp³-hybridized carbons (Fsp3) is 0.611. The Kier molecular flexibility index (Phi) is 5.00. The first kappa shape index (κ1) is 18.5. The molecule has 2 saturated heterocycles. The lowest BCUT2D eigenvalue weighted by Gasteiger charge is -2.38. The van der Waals surface area contributed by atoms with E-state index in [4.69, 9.17) is 9.47 Å². The second-order valence-corrected chi connectivity index (χ2v) is 9.18. The Balaban J connectivity index is 1.41. The van der Waals surface area contributed by atoms with Crippen molar-refractivity contribution in [1.82, 2.24) is 14.5 Å². The van der Waals surface area contributed by atoms with E-state index in [1.165, 1.54) is 10.4 Å². The van der Waals surface area contributed by atoms with E-state index in [1.807, 2.05) is 6.92 Å². The van der Waals surface area contributed by atoms with Crippen molar-refractivity contribution in [2.45, 2.75) is 11.8 Å². The summed E-state index contributed by atoms with van der Waals surface area (Å²) in [6.07, 6.45) is 0. The van der Waals surface area contributed by atoms with Crippen LogP contribution in [-0.2, 0) is 14.8 Å². The number of nitrogens with zero attached hydrogens (tertiary/aromatic N) is 2. The average molecular weight is 395 g/mol. The minimum Gasteiger partial charge on any atom is -0.486 e. The molecule has 0 aromatic heterocycles. The minimum atomic E-state index is -3.62. The topological polar surface area (TPSA) is 88.2 Å². The van der Waals surface area contributed by atoms with E-state index in [0.29, 0.717) is 56.8 Å². The molecule has 148 valence electrons. The number of nitrogens with one attached hydrogen (secondary N) is 1. The van der Waals surface area contributed by atoms with Crippen LogP contribution in [0.15, 0.2) is 23.1 Å². The molecule has 1 aromatic carbocycles. The number of ether oxygens (including phenoxy) is 2. The number of carbonyl (C=O) groups excluding carboxylic acids is 1. The van der Waals surface area contributed by atoms with Crippen molar-refractivity contribution in [2.75, 3.05) is 52.5 Å². The van der Waals surface area contributed by atoms with Crippen molar-refractivity contribution in [3.05, 3.63) is 18.2 Å². The van der Waals surface area contributed by atoms with Gasteiger partial charge in [-0.1, -0.05) is 6.92 Å². The third kappa shape index (κ3) is 3.51. The number of hydrogen-bond donors (Lipinski definition) is 1. The molecule has 0 saturated carbocycles. The Morgan fingerprint density at radius 3 is 2.41 bits per heavy atom. The summed E-state index contributed by atoms with van der Waals surface area (Å²) in [7, 11) is -3.62. The number of piperazine rings is 1. The summed E-state index contributed by atoms with van der Waals surface area (Å²) in [6.45, 7) is 6.05. The van der Waals surface area contributed by atoms with Crippen LogP contribution >= 0.6 is 0 Å². The first-order valence-corrected chi connectivity index (χ1v) is 10.8. The molecule has 0 spiro atoms.